The monoisotopic (exact) mass is 442 g/mol. The van der Waals surface area contributed by atoms with Crippen molar-refractivity contribution in [2.24, 2.45) is 11.8 Å². The molecule has 2 aromatic carbocycles. The number of rotatable bonds is 11. The highest BCUT2D eigenvalue weighted by Gasteiger charge is 2.50. The van der Waals surface area contributed by atoms with Gasteiger partial charge >= 0.3 is 0 Å². The van der Waals surface area contributed by atoms with Crippen molar-refractivity contribution in [2.75, 3.05) is 26.2 Å². The minimum atomic E-state index is 0.410. The lowest BCUT2D eigenvalue weighted by molar-refractivity contribution is 0.0847. The summed E-state index contributed by atoms with van der Waals surface area (Å²) in [5, 5.41) is 8.92. The number of ether oxygens (including phenoxy) is 2. The molecule has 0 spiro atoms. The minimum Gasteiger partial charge on any atom is -0.494 e. The van der Waals surface area contributed by atoms with E-state index in [9.17, 15) is 0 Å². The molecule has 0 aromatic heterocycles. The average molecular weight is 443 g/mol. The molecule has 172 valence electrons. The maximum absolute atomic E-state index is 8.92. The van der Waals surface area contributed by atoms with Gasteiger partial charge in [0.1, 0.15) is 5.75 Å². The fourth-order valence-corrected chi connectivity index (χ4v) is 5.61. The van der Waals surface area contributed by atoms with Crippen LogP contribution in [0.15, 0.2) is 60.7 Å². The maximum atomic E-state index is 8.92. The Morgan fingerprint density at radius 3 is 2.00 bits per heavy atom. The second-order valence-corrected chi connectivity index (χ2v) is 9.72. The second-order valence-electron chi connectivity index (χ2n) is 9.72. The Morgan fingerprint density at radius 1 is 0.788 bits per heavy atom. The molecule has 4 nitrogen and oxygen atoms in total. The topological polar surface area (TPSA) is 45.5 Å². The molecule has 0 aliphatic carbocycles. The normalized spacial score (nSPS) is 25.3. The third-order valence-electron chi connectivity index (χ3n) is 7.48. The van der Waals surface area contributed by atoms with Gasteiger partial charge in [0.05, 0.1) is 30.4 Å². The van der Waals surface area contributed by atoms with E-state index in [1.165, 1.54) is 51.7 Å². The van der Waals surface area contributed by atoms with E-state index in [1.807, 2.05) is 36.4 Å². The van der Waals surface area contributed by atoms with E-state index in [2.05, 4.69) is 35.3 Å². The summed E-state index contributed by atoms with van der Waals surface area (Å²) in [5.74, 6) is 2.44. The fourth-order valence-electron chi connectivity index (χ4n) is 5.61. The lowest BCUT2D eigenvalue weighted by Crippen LogP contribution is -2.26. The molecule has 0 amide bonds. The number of nitriles is 1. The molecule has 4 atom stereocenters. The molecule has 0 radical (unpaired) electrons. The Kier molecular flexibility index (Phi) is 7.09. The molecule has 3 aliphatic rings. The van der Waals surface area contributed by atoms with Crippen LogP contribution in [0.1, 0.15) is 44.1 Å². The highest BCUT2D eigenvalue weighted by atomic mass is 16.5. The first-order chi connectivity index (χ1) is 16.3. The first-order valence-corrected chi connectivity index (χ1v) is 12.6. The van der Waals surface area contributed by atoms with Crippen LogP contribution in [0.2, 0.25) is 0 Å². The molecule has 33 heavy (non-hydrogen) atoms. The maximum Gasteiger partial charge on any atom is 0.119 e. The largest absolute Gasteiger partial charge is 0.494 e. The first-order valence-electron chi connectivity index (χ1n) is 12.6. The van der Waals surface area contributed by atoms with E-state index in [1.54, 1.807) is 0 Å². The Bertz CT molecular complexity index is 956. The van der Waals surface area contributed by atoms with E-state index in [0.717, 1.165) is 41.7 Å². The van der Waals surface area contributed by atoms with Crippen LogP contribution in [-0.4, -0.2) is 43.3 Å². The summed E-state index contributed by atoms with van der Waals surface area (Å²) < 4.78 is 11.9. The van der Waals surface area contributed by atoms with Crippen LogP contribution < -0.4 is 4.74 Å². The number of benzene rings is 2. The number of hydrogen-bond donors (Lipinski definition) is 0. The highest BCUT2D eigenvalue weighted by Crippen LogP contribution is 2.43. The summed E-state index contributed by atoms with van der Waals surface area (Å²) >= 11 is 0. The zero-order chi connectivity index (χ0) is 22.5. The van der Waals surface area contributed by atoms with Crippen molar-refractivity contribution in [3.8, 4) is 22.9 Å². The molecule has 2 fully saturated rings. The van der Waals surface area contributed by atoms with Crippen LogP contribution in [0.4, 0.5) is 0 Å². The van der Waals surface area contributed by atoms with E-state index >= 15 is 0 Å². The standard InChI is InChI=1S/C29H34N2O2/c30-19-22-7-9-23(10-8-22)24-11-13-25(14-12-24)32-18-6-4-2-1-3-5-17-31-20-26-27(21-31)29-16-15-28(26)33-29/h7-16,26-29H,1-6,17-18,20-21H2/t26-,27+,28+,29-. The van der Waals surface area contributed by atoms with Gasteiger partial charge in [0.15, 0.2) is 0 Å². The smallest absolute Gasteiger partial charge is 0.119 e. The Hall–Kier alpha value is -2.61. The molecular weight excluding hydrogens is 408 g/mol. The second kappa shape index (κ2) is 10.5. The van der Waals surface area contributed by atoms with E-state index in [4.69, 9.17) is 14.7 Å². The van der Waals surface area contributed by atoms with Crippen molar-refractivity contribution in [2.45, 2.75) is 50.7 Å². The molecule has 2 saturated heterocycles. The van der Waals surface area contributed by atoms with Gasteiger partial charge in [0.2, 0.25) is 0 Å². The van der Waals surface area contributed by atoms with Gasteiger partial charge in [-0.25, -0.2) is 0 Å². The average Bonchev–Trinajstić information content (AvgIpc) is 3.58. The number of unbranched alkanes of at least 4 members (excludes halogenated alkanes) is 5. The number of hydrogen-bond acceptors (Lipinski definition) is 4. The number of nitrogens with zero attached hydrogens (tertiary/aromatic N) is 2. The van der Waals surface area contributed by atoms with Crippen LogP contribution >= 0.6 is 0 Å². The third kappa shape index (κ3) is 5.32. The number of likely N-dealkylation sites (tertiary alicyclic amines) is 1. The van der Waals surface area contributed by atoms with Crippen LogP contribution in [0.25, 0.3) is 11.1 Å². The quantitative estimate of drug-likeness (QED) is 0.324. The van der Waals surface area contributed by atoms with Gasteiger partial charge < -0.3 is 14.4 Å². The van der Waals surface area contributed by atoms with Gasteiger partial charge in [-0.2, -0.15) is 5.26 Å². The van der Waals surface area contributed by atoms with Crippen molar-refractivity contribution in [1.82, 2.24) is 4.90 Å². The molecule has 0 N–H and O–H groups in total. The van der Waals surface area contributed by atoms with Crippen molar-refractivity contribution in [3.05, 3.63) is 66.2 Å². The molecule has 4 heteroatoms. The molecule has 0 unspecified atom stereocenters. The van der Waals surface area contributed by atoms with Crippen molar-refractivity contribution >= 4 is 0 Å². The summed E-state index contributed by atoms with van der Waals surface area (Å²) in [4.78, 5) is 2.67. The first kappa shape index (κ1) is 22.2. The zero-order valence-corrected chi connectivity index (χ0v) is 19.4. The van der Waals surface area contributed by atoms with Crippen LogP contribution in [0.5, 0.6) is 5.75 Å². The predicted molar refractivity (Wildman–Crippen MR) is 131 cm³/mol. The van der Waals surface area contributed by atoms with E-state index in [0.29, 0.717) is 17.8 Å². The Morgan fingerprint density at radius 2 is 1.36 bits per heavy atom. The summed E-state index contributed by atoms with van der Waals surface area (Å²) in [7, 11) is 0. The summed E-state index contributed by atoms with van der Waals surface area (Å²) in [6, 6.07) is 18.1. The number of fused-ring (bicyclic) bond motifs is 5. The molecular formula is C29H34N2O2. The molecule has 5 rings (SSSR count). The van der Waals surface area contributed by atoms with Gasteiger partial charge in [0.25, 0.3) is 0 Å². The molecule has 3 aliphatic heterocycles. The van der Waals surface area contributed by atoms with Gasteiger partial charge in [-0.15, -0.1) is 0 Å². The predicted octanol–water partition coefficient (Wildman–Crippen LogP) is 5.83. The third-order valence-corrected chi connectivity index (χ3v) is 7.48. The van der Waals surface area contributed by atoms with E-state index < -0.39 is 0 Å². The van der Waals surface area contributed by atoms with Crippen molar-refractivity contribution < 1.29 is 9.47 Å². The van der Waals surface area contributed by atoms with Crippen LogP contribution in [0.3, 0.4) is 0 Å². The lowest BCUT2D eigenvalue weighted by atomic mass is 9.86. The van der Waals surface area contributed by atoms with Crippen molar-refractivity contribution in [1.29, 1.82) is 5.26 Å². The van der Waals surface area contributed by atoms with E-state index in [-0.39, 0.29) is 0 Å². The summed E-state index contributed by atoms with van der Waals surface area (Å²) in [6.07, 6.45) is 13.0. The molecule has 0 saturated carbocycles. The van der Waals surface area contributed by atoms with Gasteiger partial charge in [-0.1, -0.05) is 62.1 Å². The lowest BCUT2D eigenvalue weighted by Gasteiger charge is -2.18. The fraction of sp³-hybridized carbons (Fsp3) is 0.483. The van der Waals surface area contributed by atoms with Crippen LogP contribution in [0, 0.1) is 23.2 Å². The van der Waals surface area contributed by atoms with Gasteiger partial charge in [-0.05, 0) is 54.8 Å². The Balaban J connectivity index is 0.902. The Labute approximate surface area is 197 Å². The minimum absolute atomic E-state index is 0.410. The SMILES string of the molecule is N#Cc1ccc(-c2ccc(OCCCCCCCCN3C[C@@H]4[C@H](C3)[C@H]3C=C[C@@H]4O3)cc2)cc1. The van der Waals surface area contributed by atoms with Gasteiger partial charge in [0, 0.05) is 24.9 Å². The highest BCUT2D eigenvalue weighted by molar-refractivity contribution is 5.64. The summed E-state index contributed by atoms with van der Waals surface area (Å²) in [5.41, 5.74) is 2.94. The van der Waals surface area contributed by atoms with Crippen LogP contribution in [-0.2, 0) is 4.74 Å². The molecule has 2 bridgehead atoms. The molecule has 2 aromatic rings. The van der Waals surface area contributed by atoms with Crippen molar-refractivity contribution in [3.63, 3.8) is 0 Å². The molecule has 3 heterocycles. The summed E-state index contributed by atoms with van der Waals surface area (Å²) in [6.45, 7) is 4.52. The van der Waals surface area contributed by atoms with Gasteiger partial charge in [-0.3, -0.25) is 0 Å². The zero-order valence-electron chi connectivity index (χ0n) is 19.4.